The molecule has 0 amide bonds. The number of guanidine groups is 1. The molecule has 2 heterocycles. The molecule has 8 heteroatoms. The molecule has 0 radical (unpaired) electrons. The fourth-order valence-corrected chi connectivity index (χ4v) is 3.97. The van der Waals surface area contributed by atoms with Crippen molar-refractivity contribution in [2.45, 2.75) is 19.8 Å². The number of aliphatic imine (C=N–C) groups is 1. The van der Waals surface area contributed by atoms with Gasteiger partial charge in [-0.2, -0.15) is 0 Å². The van der Waals surface area contributed by atoms with Crippen molar-refractivity contribution in [1.29, 1.82) is 0 Å². The van der Waals surface area contributed by atoms with E-state index in [1.54, 1.807) is 13.2 Å². The van der Waals surface area contributed by atoms with Gasteiger partial charge in [-0.25, -0.2) is 0 Å². The van der Waals surface area contributed by atoms with Crippen LogP contribution in [0.2, 0.25) is 0 Å². The van der Waals surface area contributed by atoms with E-state index in [4.69, 9.17) is 14.5 Å². The number of phenolic OH excluding ortho intramolecular Hbond substituents is 1. The second kappa shape index (κ2) is 12.4. The van der Waals surface area contributed by atoms with Crippen LogP contribution in [-0.2, 0) is 11.2 Å². The summed E-state index contributed by atoms with van der Waals surface area (Å²) in [4.78, 5) is 9.71. The van der Waals surface area contributed by atoms with Crippen molar-refractivity contribution >= 4 is 29.9 Å². The van der Waals surface area contributed by atoms with Gasteiger partial charge >= 0.3 is 0 Å². The number of ether oxygens (including phenoxy) is 2. The number of rotatable bonds is 7. The summed E-state index contributed by atoms with van der Waals surface area (Å²) >= 11 is 0. The maximum Gasteiger partial charge on any atom is 0.193 e. The lowest BCUT2D eigenvalue weighted by Gasteiger charge is -2.29. The second-order valence-corrected chi connectivity index (χ2v) is 7.47. The molecule has 0 spiro atoms. The lowest BCUT2D eigenvalue weighted by Crippen LogP contribution is -2.42. The number of likely N-dealkylation sites (tertiary alicyclic amines) is 1. The molecule has 0 saturated carbocycles. The minimum Gasteiger partial charge on any atom is -0.504 e. The van der Waals surface area contributed by atoms with Gasteiger partial charge < -0.3 is 24.8 Å². The van der Waals surface area contributed by atoms with E-state index < -0.39 is 0 Å². The third-order valence-corrected chi connectivity index (χ3v) is 5.49. The number of aromatic hydroxyl groups is 1. The Balaban J connectivity index is 0.00000300. The number of phenols is 1. The highest BCUT2D eigenvalue weighted by molar-refractivity contribution is 14.0. The molecule has 1 unspecified atom stereocenters. The van der Waals surface area contributed by atoms with Crippen LogP contribution in [-0.4, -0.2) is 87.0 Å². The first-order chi connectivity index (χ1) is 13.7. The van der Waals surface area contributed by atoms with Crippen LogP contribution in [0.15, 0.2) is 23.2 Å². The Morgan fingerprint density at radius 1 is 1.31 bits per heavy atom. The van der Waals surface area contributed by atoms with Crippen LogP contribution in [0.3, 0.4) is 0 Å². The minimum absolute atomic E-state index is 0. The lowest BCUT2D eigenvalue weighted by molar-refractivity contribution is 0.0315. The summed E-state index contributed by atoms with van der Waals surface area (Å²) in [6, 6.07) is 5.60. The summed E-state index contributed by atoms with van der Waals surface area (Å²) in [5.74, 6) is 2.40. The van der Waals surface area contributed by atoms with E-state index >= 15 is 0 Å². The Morgan fingerprint density at radius 3 is 2.83 bits per heavy atom. The van der Waals surface area contributed by atoms with E-state index in [0.29, 0.717) is 24.6 Å². The van der Waals surface area contributed by atoms with Crippen molar-refractivity contribution in [3.8, 4) is 11.5 Å². The van der Waals surface area contributed by atoms with Crippen LogP contribution in [0, 0.1) is 5.92 Å². The quantitative estimate of drug-likeness (QED) is 0.328. The number of morpholine rings is 1. The number of methoxy groups -OCH3 is 1. The molecule has 29 heavy (non-hydrogen) atoms. The van der Waals surface area contributed by atoms with Gasteiger partial charge in [0.2, 0.25) is 0 Å². The first-order valence-corrected chi connectivity index (χ1v) is 10.4. The third-order valence-electron chi connectivity index (χ3n) is 5.49. The molecule has 1 aromatic rings. The van der Waals surface area contributed by atoms with Crippen molar-refractivity contribution in [1.82, 2.24) is 15.1 Å². The average Bonchev–Trinajstić information content (AvgIpc) is 3.17. The van der Waals surface area contributed by atoms with Crippen molar-refractivity contribution < 1.29 is 14.6 Å². The molecule has 2 aliphatic heterocycles. The highest BCUT2D eigenvalue weighted by atomic mass is 127. The number of nitrogens with one attached hydrogen (secondary N) is 1. The lowest BCUT2D eigenvalue weighted by atomic mass is 10.1. The predicted octanol–water partition coefficient (Wildman–Crippen LogP) is 2.18. The van der Waals surface area contributed by atoms with Gasteiger partial charge in [0.25, 0.3) is 0 Å². The number of halogens is 1. The Morgan fingerprint density at radius 2 is 2.10 bits per heavy atom. The molecule has 0 bridgehead atoms. The highest BCUT2D eigenvalue weighted by Crippen LogP contribution is 2.29. The fourth-order valence-electron chi connectivity index (χ4n) is 3.97. The fraction of sp³-hybridized carbons (Fsp3) is 0.667. The second-order valence-electron chi connectivity index (χ2n) is 7.47. The topological polar surface area (TPSA) is 69.6 Å². The Kier molecular flexibility index (Phi) is 10.3. The Hall–Kier alpha value is -1.26. The number of hydrogen-bond acceptors (Lipinski definition) is 5. The molecule has 1 atom stereocenters. The van der Waals surface area contributed by atoms with E-state index in [2.05, 4.69) is 22.0 Å². The number of nitrogens with zero attached hydrogens (tertiary/aromatic N) is 3. The minimum atomic E-state index is 0. The van der Waals surface area contributed by atoms with Gasteiger partial charge in [0.15, 0.2) is 17.5 Å². The van der Waals surface area contributed by atoms with Crippen LogP contribution in [0.1, 0.15) is 18.9 Å². The van der Waals surface area contributed by atoms with Crippen molar-refractivity contribution in [3.63, 3.8) is 0 Å². The van der Waals surface area contributed by atoms with Gasteiger partial charge in [0.1, 0.15) is 0 Å². The normalized spacial score (nSPS) is 20.4. The molecule has 0 aromatic heterocycles. The average molecular weight is 518 g/mol. The molecular formula is C21H35IN4O3. The van der Waals surface area contributed by atoms with Crippen molar-refractivity contribution in [2.75, 3.05) is 66.1 Å². The Bertz CT molecular complexity index is 653. The highest BCUT2D eigenvalue weighted by Gasteiger charge is 2.27. The molecule has 0 aliphatic carbocycles. The van der Waals surface area contributed by atoms with E-state index in [9.17, 15) is 5.11 Å². The maximum atomic E-state index is 10.2. The van der Waals surface area contributed by atoms with E-state index in [1.165, 1.54) is 6.42 Å². The van der Waals surface area contributed by atoms with Gasteiger partial charge in [-0.05, 0) is 37.3 Å². The zero-order valence-corrected chi connectivity index (χ0v) is 19.9. The summed E-state index contributed by atoms with van der Waals surface area (Å²) in [5.41, 5.74) is 0.866. The molecule has 2 N–H and O–H groups in total. The molecule has 1 aromatic carbocycles. The summed E-state index contributed by atoms with van der Waals surface area (Å²) in [6.45, 7) is 10.7. The molecule has 3 rings (SSSR count). The molecule has 164 valence electrons. The SMILES string of the molecule is CCNC(=NCCc1cccc(OC)c1O)N1CCC(CN2CCOCC2)C1.I. The van der Waals surface area contributed by atoms with E-state index in [1.807, 2.05) is 12.1 Å². The van der Waals surface area contributed by atoms with Crippen molar-refractivity contribution in [2.24, 2.45) is 10.9 Å². The standard InChI is InChI=1S/C21H34N4O3.HI/c1-3-22-21(23-9-7-18-5-4-6-19(27-2)20(18)26)25-10-8-17(16-25)15-24-11-13-28-14-12-24;/h4-6,17,26H,3,7-16H2,1-2H3,(H,22,23);1H. The number of para-hydroxylation sites is 1. The van der Waals surface area contributed by atoms with Gasteiger partial charge in [-0.1, -0.05) is 12.1 Å². The first kappa shape index (κ1) is 24.0. The van der Waals surface area contributed by atoms with Crippen LogP contribution in [0.5, 0.6) is 11.5 Å². The summed E-state index contributed by atoms with van der Waals surface area (Å²) in [6.07, 6.45) is 1.89. The summed E-state index contributed by atoms with van der Waals surface area (Å²) < 4.78 is 10.6. The smallest absolute Gasteiger partial charge is 0.193 e. The number of hydrogen-bond donors (Lipinski definition) is 2. The third kappa shape index (κ3) is 6.89. The van der Waals surface area contributed by atoms with Crippen LogP contribution in [0.25, 0.3) is 0 Å². The summed E-state index contributed by atoms with van der Waals surface area (Å²) in [5, 5.41) is 13.7. The van der Waals surface area contributed by atoms with Crippen LogP contribution < -0.4 is 10.1 Å². The van der Waals surface area contributed by atoms with Gasteiger partial charge in [-0.3, -0.25) is 9.89 Å². The molecular weight excluding hydrogens is 483 g/mol. The monoisotopic (exact) mass is 518 g/mol. The van der Waals surface area contributed by atoms with Crippen LogP contribution >= 0.6 is 24.0 Å². The predicted molar refractivity (Wildman–Crippen MR) is 127 cm³/mol. The van der Waals surface area contributed by atoms with E-state index in [-0.39, 0.29) is 29.7 Å². The molecule has 2 aliphatic rings. The van der Waals surface area contributed by atoms with Crippen molar-refractivity contribution in [3.05, 3.63) is 23.8 Å². The van der Waals surface area contributed by atoms with Crippen LogP contribution in [0.4, 0.5) is 0 Å². The van der Waals surface area contributed by atoms with Gasteiger partial charge in [0, 0.05) is 45.8 Å². The Labute approximate surface area is 191 Å². The van der Waals surface area contributed by atoms with Gasteiger partial charge in [-0.15, -0.1) is 24.0 Å². The first-order valence-electron chi connectivity index (χ1n) is 10.4. The molecule has 2 fully saturated rings. The number of benzene rings is 1. The summed E-state index contributed by atoms with van der Waals surface area (Å²) in [7, 11) is 1.57. The van der Waals surface area contributed by atoms with Gasteiger partial charge in [0.05, 0.1) is 20.3 Å². The zero-order chi connectivity index (χ0) is 19.8. The zero-order valence-electron chi connectivity index (χ0n) is 17.6. The molecule has 2 saturated heterocycles. The maximum absolute atomic E-state index is 10.2. The largest absolute Gasteiger partial charge is 0.504 e. The molecule has 7 nitrogen and oxygen atoms in total. The van der Waals surface area contributed by atoms with E-state index in [0.717, 1.165) is 64.0 Å².